The molecule has 158 valence electrons. The number of carbonyl (C=O) groups is 1. The molecule has 6 nitrogen and oxygen atoms in total. The number of rotatable bonds is 10. The van der Waals surface area contributed by atoms with Gasteiger partial charge in [-0.25, -0.2) is 5.01 Å². The Kier molecular flexibility index (Phi) is 7.93. The van der Waals surface area contributed by atoms with Gasteiger partial charge in [0.15, 0.2) is 5.88 Å². The van der Waals surface area contributed by atoms with Crippen molar-refractivity contribution in [3.63, 3.8) is 0 Å². The van der Waals surface area contributed by atoms with E-state index >= 15 is 0 Å². The van der Waals surface area contributed by atoms with Crippen LogP contribution in [0.4, 0.5) is 10.5 Å². The quantitative estimate of drug-likeness (QED) is 0.446. The van der Waals surface area contributed by atoms with Crippen LogP contribution in [0.3, 0.4) is 0 Å². The third-order valence-electron chi connectivity index (χ3n) is 4.46. The molecule has 7 heteroatoms. The second kappa shape index (κ2) is 10.8. The van der Waals surface area contributed by atoms with Gasteiger partial charge in [-0.1, -0.05) is 54.2 Å². The highest BCUT2D eigenvalue weighted by molar-refractivity contribution is 8.14. The summed E-state index contributed by atoms with van der Waals surface area (Å²) in [6, 6.07) is 17.8. The van der Waals surface area contributed by atoms with Crippen LogP contribution in [0.5, 0.6) is 0 Å². The van der Waals surface area contributed by atoms with E-state index in [0.29, 0.717) is 24.8 Å². The second-order valence-corrected chi connectivity index (χ2v) is 8.21. The van der Waals surface area contributed by atoms with E-state index in [4.69, 9.17) is 4.74 Å². The van der Waals surface area contributed by atoms with Gasteiger partial charge in [-0.05, 0) is 50.4 Å². The van der Waals surface area contributed by atoms with E-state index in [-0.39, 0.29) is 5.24 Å². The molecule has 2 aromatic carbocycles. The second-order valence-electron chi connectivity index (χ2n) is 7.28. The summed E-state index contributed by atoms with van der Waals surface area (Å²) in [6.45, 7) is 5.92. The summed E-state index contributed by atoms with van der Waals surface area (Å²) >= 11 is 1.28. The number of carbonyl (C=O) groups excluding carboxylic acids is 1. The zero-order chi connectivity index (χ0) is 21.3. The Morgan fingerprint density at radius 3 is 2.80 bits per heavy atom. The lowest BCUT2D eigenvalue weighted by atomic mass is 10.1. The molecule has 3 rings (SSSR count). The number of amides is 1. The molecule has 30 heavy (non-hydrogen) atoms. The maximum atomic E-state index is 12.4. The molecule has 1 amide bonds. The number of hydrogen-bond acceptors (Lipinski definition) is 6. The van der Waals surface area contributed by atoms with Crippen LogP contribution in [0, 0.1) is 0 Å². The molecule has 0 spiro atoms. The van der Waals surface area contributed by atoms with E-state index in [1.807, 2.05) is 68.7 Å². The third-order valence-corrected chi connectivity index (χ3v) is 5.34. The fraction of sp³-hybridized carbons (Fsp3) is 0.304. The monoisotopic (exact) mass is 424 g/mol. The van der Waals surface area contributed by atoms with Gasteiger partial charge < -0.3 is 15.0 Å². The fourth-order valence-electron chi connectivity index (χ4n) is 2.99. The Labute approximate surface area is 182 Å². The van der Waals surface area contributed by atoms with Crippen molar-refractivity contribution in [2.24, 2.45) is 5.10 Å². The molecule has 0 bridgehead atoms. The zero-order valence-corrected chi connectivity index (χ0v) is 18.3. The fourth-order valence-corrected chi connectivity index (χ4v) is 3.72. The van der Waals surface area contributed by atoms with Crippen molar-refractivity contribution in [1.29, 1.82) is 0 Å². The molecule has 0 radical (unpaired) electrons. The van der Waals surface area contributed by atoms with Crippen molar-refractivity contribution in [3.05, 3.63) is 78.2 Å². The van der Waals surface area contributed by atoms with E-state index in [1.54, 1.807) is 0 Å². The Morgan fingerprint density at radius 2 is 2.03 bits per heavy atom. The van der Waals surface area contributed by atoms with Gasteiger partial charge in [0.1, 0.15) is 0 Å². The van der Waals surface area contributed by atoms with E-state index in [2.05, 4.69) is 21.9 Å². The Bertz CT molecular complexity index is 899. The van der Waals surface area contributed by atoms with Crippen molar-refractivity contribution < 1.29 is 9.53 Å². The minimum Gasteiger partial charge on any atom is -0.479 e. The first-order chi connectivity index (χ1) is 14.5. The summed E-state index contributed by atoms with van der Waals surface area (Å²) in [5.41, 5.74) is 3.80. The number of hydrogen-bond donors (Lipinski definition) is 1. The summed E-state index contributed by atoms with van der Waals surface area (Å²) < 4.78 is 5.64. The van der Waals surface area contributed by atoms with Crippen LogP contribution in [0.1, 0.15) is 17.5 Å². The van der Waals surface area contributed by atoms with E-state index < -0.39 is 0 Å². The SMILES string of the molecule is C=C(Nc1cccc(CN2N=C(c3ccccc3)CSC2=O)c1)OCCCN(C)C. The third kappa shape index (κ3) is 6.64. The lowest BCUT2D eigenvalue weighted by molar-refractivity contribution is 0.202. The van der Waals surface area contributed by atoms with Gasteiger partial charge in [0.25, 0.3) is 0 Å². The average molecular weight is 425 g/mol. The molecule has 0 unspecified atom stereocenters. The van der Waals surface area contributed by atoms with Crippen LogP contribution >= 0.6 is 11.8 Å². The summed E-state index contributed by atoms with van der Waals surface area (Å²) in [6.07, 6.45) is 0.935. The van der Waals surface area contributed by atoms with Crippen molar-refractivity contribution in [2.75, 3.05) is 38.3 Å². The average Bonchev–Trinajstić information content (AvgIpc) is 2.73. The Morgan fingerprint density at radius 1 is 1.23 bits per heavy atom. The van der Waals surface area contributed by atoms with Gasteiger partial charge in [-0.15, -0.1) is 0 Å². The molecule has 0 saturated carbocycles. The van der Waals surface area contributed by atoms with Crippen LogP contribution in [-0.2, 0) is 11.3 Å². The van der Waals surface area contributed by atoms with Gasteiger partial charge in [-0.3, -0.25) is 4.79 Å². The standard InChI is InChI=1S/C23H28N4O2S/c1-18(29-14-8-13-26(2)3)24-21-12-7-9-19(15-21)16-27-23(28)30-17-22(25-27)20-10-5-4-6-11-20/h4-7,9-12,15,24H,1,8,13-14,16-17H2,2-3H3. The normalized spacial score (nSPS) is 13.9. The molecule has 0 fully saturated rings. The highest BCUT2D eigenvalue weighted by Crippen LogP contribution is 2.23. The molecule has 0 aliphatic carbocycles. The molecular formula is C23H28N4O2S. The lowest BCUT2D eigenvalue weighted by Crippen LogP contribution is -2.29. The summed E-state index contributed by atoms with van der Waals surface area (Å²) in [5, 5.41) is 9.26. The van der Waals surface area contributed by atoms with Crippen LogP contribution in [-0.4, -0.2) is 53.9 Å². The van der Waals surface area contributed by atoms with Crippen LogP contribution < -0.4 is 5.32 Å². The summed E-state index contributed by atoms with van der Waals surface area (Å²) in [4.78, 5) is 14.5. The molecule has 1 aliphatic rings. The van der Waals surface area contributed by atoms with Crippen molar-refractivity contribution in [2.45, 2.75) is 13.0 Å². The van der Waals surface area contributed by atoms with Crippen LogP contribution in [0.2, 0.25) is 0 Å². The number of nitrogens with one attached hydrogen (secondary N) is 1. The number of anilines is 1. The van der Waals surface area contributed by atoms with E-state index in [1.165, 1.54) is 16.8 Å². The maximum absolute atomic E-state index is 12.4. The van der Waals surface area contributed by atoms with E-state index in [0.717, 1.165) is 35.5 Å². The molecule has 1 heterocycles. The Balaban J connectivity index is 1.60. The highest BCUT2D eigenvalue weighted by atomic mass is 32.2. The molecule has 2 aromatic rings. The number of benzene rings is 2. The van der Waals surface area contributed by atoms with Gasteiger partial charge in [0, 0.05) is 18.0 Å². The van der Waals surface area contributed by atoms with Crippen LogP contribution in [0.25, 0.3) is 0 Å². The first kappa shape index (κ1) is 21.9. The number of hydrazone groups is 1. The Hall–Kier alpha value is -2.77. The summed E-state index contributed by atoms with van der Waals surface area (Å²) in [7, 11) is 4.08. The van der Waals surface area contributed by atoms with Gasteiger partial charge in [0.2, 0.25) is 0 Å². The van der Waals surface area contributed by atoms with Gasteiger partial charge in [0.05, 0.1) is 18.9 Å². The minimum absolute atomic E-state index is 0.0401. The topological polar surface area (TPSA) is 57.2 Å². The largest absolute Gasteiger partial charge is 0.479 e. The number of nitrogens with zero attached hydrogens (tertiary/aromatic N) is 3. The first-order valence-electron chi connectivity index (χ1n) is 9.91. The van der Waals surface area contributed by atoms with Gasteiger partial charge >= 0.3 is 5.24 Å². The zero-order valence-electron chi connectivity index (χ0n) is 17.5. The predicted octanol–water partition coefficient (Wildman–Crippen LogP) is 4.61. The predicted molar refractivity (Wildman–Crippen MR) is 125 cm³/mol. The smallest absolute Gasteiger partial charge is 0.302 e. The molecule has 1 aliphatic heterocycles. The minimum atomic E-state index is -0.0401. The molecule has 0 saturated heterocycles. The molecule has 0 aromatic heterocycles. The number of ether oxygens (including phenoxy) is 1. The van der Waals surface area contributed by atoms with Crippen molar-refractivity contribution >= 4 is 28.4 Å². The van der Waals surface area contributed by atoms with Crippen molar-refractivity contribution in [3.8, 4) is 0 Å². The number of thioether (sulfide) groups is 1. The van der Waals surface area contributed by atoms with Crippen LogP contribution in [0.15, 0.2) is 72.2 Å². The van der Waals surface area contributed by atoms with Crippen molar-refractivity contribution in [1.82, 2.24) is 9.91 Å². The highest BCUT2D eigenvalue weighted by Gasteiger charge is 2.22. The molecular weight excluding hydrogens is 396 g/mol. The first-order valence-corrected chi connectivity index (χ1v) is 10.9. The maximum Gasteiger partial charge on any atom is 0.302 e. The summed E-state index contributed by atoms with van der Waals surface area (Å²) in [5.74, 6) is 1.10. The van der Waals surface area contributed by atoms with Gasteiger partial charge in [-0.2, -0.15) is 5.10 Å². The molecule has 1 N–H and O–H groups in total. The lowest BCUT2D eigenvalue weighted by Gasteiger charge is -2.23. The van der Waals surface area contributed by atoms with E-state index in [9.17, 15) is 4.79 Å². The molecule has 0 atom stereocenters.